The molecule has 0 fully saturated rings. The first-order chi connectivity index (χ1) is 7.08. The third-order valence-electron chi connectivity index (χ3n) is 2.42. The van der Waals surface area contributed by atoms with Crippen molar-refractivity contribution in [3.05, 3.63) is 29.7 Å². The zero-order valence-corrected chi connectivity index (χ0v) is 9.31. The topological polar surface area (TPSA) is 56.2 Å². The van der Waals surface area contributed by atoms with Crippen LogP contribution in [0.3, 0.4) is 0 Å². The molecule has 0 saturated carbocycles. The van der Waals surface area contributed by atoms with Crippen LogP contribution in [0.4, 0.5) is 0 Å². The van der Waals surface area contributed by atoms with Crippen LogP contribution in [0.25, 0.3) is 5.65 Å². The van der Waals surface area contributed by atoms with Crippen molar-refractivity contribution in [1.29, 1.82) is 0 Å². The van der Waals surface area contributed by atoms with E-state index in [4.69, 9.17) is 5.73 Å². The number of hydrogen-bond donors (Lipinski definition) is 1. The van der Waals surface area contributed by atoms with Crippen molar-refractivity contribution in [3.8, 4) is 0 Å². The number of nitrogens with zero attached hydrogens (tertiary/aromatic N) is 3. The van der Waals surface area contributed by atoms with Gasteiger partial charge in [-0.15, -0.1) is 0 Å². The highest BCUT2D eigenvalue weighted by molar-refractivity contribution is 5.41. The number of fused-ring (bicyclic) bond motifs is 1. The second kappa shape index (κ2) is 3.62. The normalized spacial score (nSPS) is 13.7. The highest BCUT2D eigenvalue weighted by Crippen LogP contribution is 2.14. The first-order valence-corrected chi connectivity index (χ1v) is 5.19. The summed E-state index contributed by atoms with van der Waals surface area (Å²) in [4.78, 5) is 4.45. The molecule has 1 unspecified atom stereocenters. The van der Waals surface area contributed by atoms with Crippen LogP contribution in [-0.4, -0.2) is 14.6 Å². The van der Waals surface area contributed by atoms with Crippen LogP contribution in [-0.2, 0) is 0 Å². The molecule has 0 bridgehead atoms. The molecule has 0 spiro atoms. The van der Waals surface area contributed by atoms with E-state index in [0.717, 1.165) is 17.0 Å². The van der Waals surface area contributed by atoms with Crippen molar-refractivity contribution in [3.63, 3.8) is 0 Å². The summed E-state index contributed by atoms with van der Waals surface area (Å²) in [6, 6.07) is 4.01. The lowest BCUT2D eigenvalue weighted by atomic mass is 10.1. The molecule has 2 rings (SSSR count). The van der Waals surface area contributed by atoms with Crippen LogP contribution < -0.4 is 5.73 Å². The fourth-order valence-corrected chi connectivity index (χ4v) is 1.44. The van der Waals surface area contributed by atoms with Crippen molar-refractivity contribution in [2.75, 3.05) is 0 Å². The van der Waals surface area contributed by atoms with Crippen molar-refractivity contribution in [1.82, 2.24) is 14.6 Å². The van der Waals surface area contributed by atoms with Gasteiger partial charge in [0, 0.05) is 18.2 Å². The van der Waals surface area contributed by atoms with Gasteiger partial charge in [-0.2, -0.15) is 5.10 Å². The summed E-state index contributed by atoms with van der Waals surface area (Å²) in [5, 5.41) is 4.38. The van der Waals surface area contributed by atoms with Crippen molar-refractivity contribution >= 4 is 5.65 Å². The van der Waals surface area contributed by atoms with Gasteiger partial charge in [0.05, 0.1) is 0 Å². The van der Waals surface area contributed by atoms with E-state index in [2.05, 4.69) is 23.9 Å². The van der Waals surface area contributed by atoms with Gasteiger partial charge >= 0.3 is 0 Å². The average molecular weight is 204 g/mol. The second-order valence-electron chi connectivity index (χ2n) is 4.18. The summed E-state index contributed by atoms with van der Waals surface area (Å²) in [6.45, 7) is 6.13. The molecule has 0 aliphatic carbocycles. The van der Waals surface area contributed by atoms with Crippen LogP contribution in [0.5, 0.6) is 0 Å². The van der Waals surface area contributed by atoms with E-state index in [1.165, 1.54) is 0 Å². The molecule has 0 aliphatic rings. The minimum Gasteiger partial charge on any atom is -0.324 e. The number of aromatic nitrogens is 3. The van der Waals surface area contributed by atoms with Gasteiger partial charge in [0.1, 0.15) is 0 Å². The van der Waals surface area contributed by atoms with Gasteiger partial charge in [-0.25, -0.2) is 9.50 Å². The van der Waals surface area contributed by atoms with Gasteiger partial charge < -0.3 is 5.73 Å². The minimum atomic E-state index is 0.0363. The van der Waals surface area contributed by atoms with Gasteiger partial charge in [0.25, 0.3) is 0 Å². The third kappa shape index (κ3) is 1.85. The largest absolute Gasteiger partial charge is 0.324 e. The zero-order chi connectivity index (χ0) is 11.0. The van der Waals surface area contributed by atoms with Crippen molar-refractivity contribution in [2.24, 2.45) is 5.73 Å². The predicted octanol–water partition coefficient (Wildman–Crippen LogP) is 1.87. The first kappa shape index (κ1) is 10.1. The summed E-state index contributed by atoms with van der Waals surface area (Å²) in [7, 11) is 0. The maximum atomic E-state index is 5.81. The fraction of sp³-hybridized carbons (Fsp3) is 0.455. The molecule has 15 heavy (non-hydrogen) atoms. The molecular weight excluding hydrogens is 188 g/mol. The first-order valence-electron chi connectivity index (χ1n) is 5.19. The van der Waals surface area contributed by atoms with E-state index in [9.17, 15) is 0 Å². The Balaban J connectivity index is 2.52. The quantitative estimate of drug-likeness (QED) is 0.812. The summed E-state index contributed by atoms with van der Waals surface area (Å²) in [6.07, 6.45) is 1.91. The monoisotopic (exact) mass is 204 g/mol. The Morgan fingerprint density at radius 1 is 1.33 bits per heavy atom. The van der Waals surface area contributed by atoms with Crippen LogP contribution in [0.15, 0.2) is 18.3 Å². The van der Waals surface area contributed by atoms with E-state index in [0.29, 0.717) is 5.92 Å². The summed E-state index contributed by atoms with van der Waals surface area (Å²) < 4.78 is 1.79. The molecule has 0 saturated heterocycles. The molecule has 0 amide bonds. The lowest BCUT2D eigenvalue weighted by Gasteiger charge is -2.03. The SMILES string of the molecule is CC(C)c1nc2cc(C(C)N)ccn2n1. The van der Waals surface area contributed by atoms with Crippen LogP contribution >= 0.6 is 0 Å². The Hall–Kier alpha value is -1.42. The molecule has 80 valence electrons. The standard InChI is InChI=1S/C11H16N4/c1-7(2)11-13-10-6-9(8(3)12)4-5-15(10)14-11/h4-8H,12H2,1-3H3. The maximum Gasteiger partial charge on any atom is 0.155 e. The molecule has 1 atom stereocenters. The second-order valence-corrected chi connectivity index (χ2v) is 4.18. The molecule has 0 aliphatic heterocycles. The highest BCUT2D eigenvalue weighted by Gasteiger charge is 2.08. The lowest BCUT2D eigenvalue weighted by molar-refractivity contribution is 0.763. The highest BCUT2D eigenvalue weighted by atomic mass is 15.3. The lowest BCUT2D eigenvalue weighted by Crippen LogP contribution is -2.05. The summed E-state index contributed by atoms with van der Waals surface area (Å²) >= 11 is 0. The van der Waals surface area contributed by atoms with Crippen LogP contribution in [0.2, 0.25) is 0 Å². The van der Waals surface area contributed by atoms with Gasteiger partial charge in [-0.3, -0.25) is 0 Å². The van der Waals surface area contributed by atoms with E-state index >= 15 is 0 Å². The van der Waals surface area contributed by atoms with Gasteiger partial charge in [-0.1, -0.05) is 13.8 Å². The minimum absolute atomic E-state index is 0.0363. The Labute approximate surface area is 89.1 Å². The van der Waals surface area contributed by atoms with E-state index in [1.54, 1.807) is 4.52 Å². The molecule has 4 nitrogen and oxygen atoms in total. The summed E-state index contributed by atoms with van der Waals surface area (Å²) in [5.74, 6) is 1.22. The Kier molecular flexibility index (Phi) is 2.44. The number of nitrogens with two attached hydrogens (primary N) is 1. The van der Waals surface area contributed by atoms with Gasteiger partial charge in [-0.05, 0) is 24.6 Å². The smallest absolute Gasteiger partial charge is 0.155 e. The van der Waals surface area contributed by atoms with Gasteiger partial charge in [0.2, 0.25) is 0 Å². The molecule has 0 aromatic carbocycles. The molecule has 2 aromatic rings. The van der Waals surface area contributed by atoms with E-state index in [-0.39, 0.29) is 6.04 Å². The molecule has 2 N–H and O–H groups in total. The summed E-state index contributed by atoms with van der Waals surface area (Å²) in [5.41, 5.74) is 7.77. The van der Waals surface area contributed by atoms with Crippen molar-refractivity contribution in [2.45, 2.75) is 32.7 Å². The molecule has 2 aromatic heterocycles. The Bertz CT molecular complexity index is 464. The number of rotatable bonds is 2. The Morgan fingerprint density at radius 2 is 2.07 bits per heavy atom. The fourth-order valence-electron chi connectivity index (χ4n) is 1.44. The van der Waals surface area contributed by atoms with E-state index in [1.807, 2.05) is 25.3 Å². The molecular formula is C11H16N4. The third-order valence-corrected chi connectivity index (χ3v) is 2.42. The van der Waals surface area contributed by atoms with Crippen molar-refractivity contribution < 1.29 is 0 Å². The van der Waals surface area contributed by atoms with Crippen LogP contribution in [0.1, 0.15) is 44.1 Å². The molecule has 2 heterocycles. The average Bonchev–Trinajstić information content (AvgIpc) is 2.59. The predicted molar refractivity (Wildman–Crippen MR) is 59.7 cm³/mol. The molecule has 0 radical (unpaired) electrons. The maximum absolute atomic E-state index is 5.81. The Morgan fingerprint density at radius 3 is 2.67 bits per heavy atom. The zero-order valence-electron chi connectivity index (χ0n) is 9.31. The van der Waals surface area contributed by atoms with E-state index < -0.39 is 0 Å². The van der Waals surface area contributed by atoms with Gasteiger partial charge in [0.15, 0.2) is 11.5 Å². The molecule has 4 heteroatoms. The number of pyridine rings is 1. The number of hydrogen-bond acceptors (Lipinski definition) is 3. The van der Waals surface area contributed by atoms with Crippen LogP contribution in [0, 0.1) is 0 Å².